The summed E-state index contributed by atoms with van der Waals surface area (Å²) in [7, 11) is 0. The maximum absolute atomic E-state index is 12.2. The Bertz CT molecular complexity index is 499. The summed E-state index contributed by atoms with van der Waals surface area (Å²) in [5.74, 6) is -0.0603. The highest BCUT2D eigenvalue weighted by Crippen LogP contribution is 2.25. The Balaban J connectivity index is 0.00000484. The van der Waals surface area contributed by atoms with Crippen molar-refractivity contribution in [3.8, 4) is 0 Å². The van der Waals surface area contributed by atoms with E-state index in [1.165, 1.54) is 23.9 Å². The summed E-state index contributed by atoms with van der Waals surface area (Å²) in [4.78, 5) is 23.2. The lowest BCUT2D eigenvalue weighted by atomic mass is 10.1. The minimum absolute atomic E-state index is 0. The fourth-order valence-corrected chi connectivity index (χ4v) is 2.80. The van der Waals surface area contributed by atoms with Crippen LogP contribution in [0.3, 0.4) is 0 Å². The molecule has 2 unspecified atom stereocenters. The monoisotopic (exact) mass is 361 g/mol. The third kappa shape index (κ3) is 7.67. The molecular weight excluding hydrogens is 338 g/mol. The number of hydrogen-bond acceptors (Lipinski definition) is 5. The third-order valence-electron chi connectivity index (χ3n) is 3.27. The van der Waals surface area contributed by atoms with Crippen molar-refractivity contribution in [3.63, 3.8) is 0 Å². The Hall–Kier alpha value is -1.31. The average molecular weight is 362 g/mol. The molecule has 23 heavy (non-hydrogen) atoms. The number of nitro groups is 1. The first-order chi connectivity index (χ1) is 10.5. The molecular formula is C15H24ClN3O3S. The van der Waals surface area contributed by atoms with E-state index in [9.17, 15) is 14.9 Å². The standard InChI is InChI=1S/C15H23N3O3S.ClH/c1-3-4-5-12(10-16)17-15(19)11(2)22-14-8-6-13(7-9-14)18(20)21;/h6-9,11-12H,3-5,10,16H2,1-2H3,(H,17,19);1H. The second kappa shape index (κ2) is 11.3. The molecule has 8 heteroatoms. The highest BCUT2D eigenvalue weighted by atomic mass is 35.5. The lowest BCUT2D eigenvalue weighted by molar-refractivity contribution is -0.384. The molecule has 2 atom stereocenters. The fraction of sp³-hybridized carbons (Fsp3) is 0.533. The average Bonchev–Trinajstić information content (AvgIpc) is 2.51. The molecule has 6 nitrogen and oxygen atoms in total. The summed E-state index contributed by atoms with van der Waals surface area (Å²) in [6.45, 7) is 4.35. The molecule has 130 valence electrons. The molecule has 1 aromatic rings. The van der Waals surface area contributed by atoms with Crippen molar-refractivity contribution < 1.29 is 9.72 Å². The molecule has 1 rings (SSSR count). The second-order valence-corrected chi connectivity index (χ2v) is 6.51. The molecule has 0 saturated heterocycles. The number of nitrogens with one attached hydrogen (secondary N) is 1. The Morgan fingerprint density at radius 1 is 1.39 bits per heavy atom. The van der Waals surface area contributed by atoms with E-state index in [1.54, 1.807) is 12.1 Å². The van der Waals surface area contributed by atoms with Crippen LogP contribution in [-0.4, -0.2) is 28.7 Å². The SMILES string of the molecule is CCCCC(CN)NC(=O)C(C)Sc1ccc([N+](=O)[O-])cc1.Cl. The molecule has 0 bridgehead atoms. The van der Waals surface area contributed by atoms with Crippen molar-refractivity contribution in [3.05, 3.63) is 34.4 Å². The predicted molar refractivity (Wildman–Crippen MR) is 96.2 cm³/mol. The third-order valence-corrected chi connectivity index (χ3v) is 4.38. The van der Waals surface area contributed by atoms with E-state index < -0.39 is 4.92 Å². The molecule has 0 spiro atoms. The zero-order valence-electron chi connectivity index (χ0n) is 13.4. The van der Waals surface area contributed by atoms with Gasteiger partial charge in [0.05, 0.1) is 10.2 Å². The Kier molecular flexibility index (Phi) is 10.6. The Morgan fingerprint density at radius 2 is 2.00 bits per heavy atom. The summed E-state index contributed by atoms with van der Waals surface area (Å²) >= 11 is 1.37. The topological polar surface area (TPSA) is 98.3 Å². The molecule has 0 aliphatic carbocycles. The maximum Gasteiger partial charge on any atom is 0.269 e. The van der Waals surface area contributed by atoms with Gasteiger partial charge in [0.2, 0.25) is 5.91 Å². The number of hydrogen-bond donors (Lipinski definition) is 2. The van der Waals surface area contributed by atoms with Gasteiger partial charge in [-0.3, -0.25) is 14.9 Å². The number of nitro benzene ring substituents is 1. The van der Waals surface area contributed by atoms with Gasteiger partial charge in [0.25, 0.3) is 5.69 Å². The summed E-state index contributed by atoms with van der Waals surface area (Å²) < 4.78 is 0. The normalized spacial score (nSPS) is 12.8. The highest BCUT2D eigenvalue weighted by molar-refractivity contribution is 8.00. The number of thioether (sulfide) groups is 1. The number of halogens is 1. The van der Waals surface area contributed by atoms with Crippen molar-refractivity contribution >= 4 is 35.8 Å². The van der Waals surface area contributed by atoms with Crippen LogP contribution in [0, 0.1) is 10.1 Å². The smallest absolute Gasteiger partial charge is 0.269 e. The molecule has 1 amide bonds. The number of amides is 1. The van der Waals surface area contributed by atoms with Gasteiger partial charge in [-0.05, 0) is 25.5 Å². The molecule has 3 N–H and O–H groups in total. The zero-order valence-corrected chi connectivity index (χ0v) is 15.0. The van der Waals surface area contributed by atoms with Crippen LogP contribution in [0.4, 0.5) is 5.69 Å². The molecule has 0 fully saturated rings. The van der Waals surface area contributed by atoms with Crippen LogP contribution >= 0.6 is 24.2 Å². The van der Waals surface area contributed by atoms with Crippen molar-refractivity contribution in [1.29, 1.82) is 0 Å². The molecule has 0 saturated carbocycles. The minimum atomic E-state index is -0.440. The number of carbonyl (C=O) groups excluding carboxylic acids is 1. The van der Waals surface area contributed by atoms with Crippen LogP contribution in [0.2, 0.25) is 0 Å². The van der Waals surface area contributed by atoms with Crippen LogP contribution in [0.15, 0.2) is 29.2 Å². The van der Waals surface area contributed by atoms with Crippen LogP contribution < -0.4 is 11.1 Å². The predicted octanol–water partition coefficient (Wildman–Crippen LogP) is 3.13. The van der Waals surface area contributed by atoms with Crippen LogP contribution in [-0.2, 0) is 4.79 Å². The first-order valence-electron chi connectivity index (χ1n) is 7.39. The van der Waals surface area contributed by atoms with Gasteiger partial charge in [-0.2, -0.15) is 0 Å². The lowest BCUT2D eigenvalue weighted by Crippen LogP contribution is -2.43. The van der Waals surface area contributed by atoms with Crippen molar-refractivity contribution in [1.82, 2.24) is 5.32 Å². The summed E-state index contributed by atoms with van der Waals surface area (Å²) in [5.41, 5.74) is 5.72. The number of rotatable bonds is 9. The van der Waals surface area contributed by atoms with E-state index in [1.807, 2.05) is 6.92 Å². The van der Waals surface area contributed by atoms with Gasteiger partial charge in [-0.15, -0.1) is 24.2 Å². The molecule has 1 aromatic carbocycles. The summed E-state index contributed by atoms with van der Waals surface area (Å²) in [6, 6.07) is 6.20. The number of unbranched alkanes of at least 4 members (excludes halogenated alkanes) is 1. The summed E-state index contributed by atoms with van der Waals surface area (Å²) in [6.07, 6.45) is 2.99. The van der Waals surface area contributed by atoms with E-state index in [-0.39, 0.29) is 35.3 Å². The molecule has 0 aliphatic rings. The minimum Gasteiger partial charge on any atom is -0.351 e. The van der Waals surface area contributed by atoms with Gasteiger partial charge in [0.15, 0.2) is 0 Å². The number of carbonyl (C=O) groups is 1. The van der Waals surface area contributed by atoms with Gasteiger partial charge in [0.1, 0.15) is 0 Å². The summed E-state index contributed by atoms with van der Waals surface area (Å²) in [5, 5.41) is 13.3. The Labute approximate surface area is 147 Å². The van der Waals surface area contributed by atoms with E-state index in [0.717, 1.165) is 24.2 Å². The number of nitrogens with two attached hydrogens (primary N) is 1. The first kappa shape index (κ1) is 21.7. The van der Waals surface area contributed by atoms with E-state index in [2.05, 4.69) is 12.2 Å². The van der Waals surface area contributed by atoms with Crippen molar-refractivity contribution in [2.24, 2.45) is 5.73 Å². The molecule has 0 heterocycles. The van der Waals surface area contributed by atoms with Crippen LogP contribution in [0.1, 0.15) is 33.1 Å². The first-order valence-corrected chi connectivity index (χ1v) is 8.27. The van der Waals surface area contributed by atoms with E-state index >= 15 is 0 Å². The van der Waals surface area contributed by atoms with Crippen molar-refractivity contribution in [2.45, 2.75) is 49.3 Å². The van der Waals surface area contributed by atoms with Gasteiger partial charge in [0, 0.05) is 29.6 Å². The van der Waals surface area contributed by atoms with Crippen LogP contribution in [0.25, 0.3) is 0 Å². The molecule has 0 radical (unpaired) electrons. The highest BCUT2D eigenvalue weighted by Gasteiger charge is 2.18. The number of nitrogens with zero attached hydrogens (tertiary/aromatic N) is 1. The Morgan fingerprint density at radius 3 is 2.48 bits per heavy atom. The fourth-order valence-electron chi connectivity index (χ4n) is 1.92. The van der Waals surface area contributed by atoms with Gasteiger partial charge in [-0.25, -0.2) is 0 Å². The van der Waals surface area contributed by atoms with Gasteiger partial charge in [-0.1, -0.05) is 19.8 Å². The largest absolute Gasteiger partial charge is 0.351 e. The number of benzene rings is 1. The number of non-ortho nitro benzene ring substituents is 1. The lowest BCUT2D eigenvalue weighted by Gasteiger charge is -2.19. The zero-order chi connectivity index (χ0) is 16.5. The second-order valence-electron chi connectivity index (χ2n) is 5.09. The van der Waals surface area contributed by atoms with Crippen LogP contribution in [0.5, 0.6) is 0 Å². The molecule has 0 aliphatic heterocycles. The van der Waals surface area contributed by atoms with Gasteiger partial charge < -0.3 is 11.1 Å². The van der Waals surface area contributed by atoms with Gasteiger partial charge >= 0.3 is 0 Å². The van der Waals surface area contributed by atoms with Crippen molar-refractivity contribution in [2.75, 3.05) is 6.54 Å². The molecule has 0 aromatic heterocycles. The quantitative estimate of drug-likeness (QED) is 0.400. The van der Waals surface area contributed by atoms with E-state index in [0.29, 0.717) is 6.54 Å². The maximum atomic E-state index is 12.2. The van der Waals surface area contributed by atoms with E-state index in [4.69, 9.17) is 5.73 Å².